The van der Waals surface area contributed by atoms with Crippen LogP contribution in [0.2, 0.25) is 0 Å². The van der Waals surface area contributed by atoms with Crippen LogP contribution in [0.1, 0.15) is 52.6 Å². The summed E-state index contributed by atoms with van der Waals surface area (Å²) < 4.78 is 0. The Hall–Kier alpha value is -3.86. The first-order valence-electron chi connectivity index (χ1n) is 8.38. The van der Waals surface area contributed by atoms with E-state index in [1.807, 2.05) is 0 Å². The van der Waals surface area contributed by atoms with Crippen LogP contribution in [0.15, 0.2) is 66.7 Å². The van der Waals surface area contributed by atoms with Crippen LogP contribution in [-0.4, -0.2) is 23.4 Å². The van der Waals surface area contributed by atoms with Gasteiger partial charge in [-0.3, -0.25) is 19.2 Å². The maximum absolute atomic E-state index is 12.9. The number of hydrogen-bond acceptors (Lipinski definition) is 4. The molecule has 0 atom stereocenters. The minimum Gasteiger partial charge on any atom is -0.289 e. The molecule has 0 saturated heterocycles. The highest BCUT2D eigenvalue weighted by molar-refractivity contribution is 6.35. The first-order valence-corrected chi connectivity index (χ1v) is 8.38. The van der Waals surface area contributed by atoms with Gasteiger partial charge in [0, 0.05) is 22.3 Å². The molecule has 5 heteroatoms. The molecule has 3 aromatic carbocycles. The second kappa shape index (κ2) is 5.32. The molecule has 1 aliphatic heterocycles. The van der Waals surface area contributed by atoms with E-state index < -0.39 is 11.8 Å². The molecule has 2 amide bonds. The zero-order chi connectivity index (χ0) is 18.7. The Kier molecular flexibility index (Phi) is 3.03. The fourth-order valence-electron chi connectivity index (χ4n) is 3.65. The first-order chi connectivity index (χ1) is 13.1. The molecule has 0 fully saturated rings. The van der Waals surface area contributed by atoms with Gasteiger partial charge in [-0.1, -0.05) is 36.4 Å². The summed E-state index contributed by atoms with van der Waals surface area (Å²) in [6, 6.07) is 17.7. The van der Waals surface area contributed by atoms with Crippen LogP contribution in [0.25, 0.3) is 0 Å². The van der Waals surface area contributed by atoms with Gasteiger partial charge in [0.05, 0.1) is 16.8 Å². The molecule has 0 N–H and O–H groups in total. The standard InChI is InChI=1S/C22H11NO4/c24-19-13-5-1-2-6-14(13)20(25)18-11-12(9-10-15(18)19)23-21(26)16-7-3-4-8-17(16)22(23)27/h1-11H. The van der Waals surface area contributed by atoms with Crippen molar-refractivity contribution in [3.8, 4) is 0 Å². The van der Waals surface area contributed by atoms with Crippen molar-refractivity contribution in [1.82, 2.24) is 0 Å². The number of anilines is 1. The Morgan fingerprint density at radius 1 is 0.481 bits per heavy atom. The van der Waals surface area contributed by atoms with Crippen LogP contribution in [-0.2, 0) is 0 Å². The van der Waals surface area contributed by atoms with Gasteiger partial charge in [0.2, 0.25) is 0 Å². The third-order valence-electron chi connectivity index (χ3n) is 4.96. The SMILES string of the molecule is O=C1c2ccccc2C(=O)c2cc(N3C(=O)c4ccccc4C3=O)ccc21. The zero-order valence-electron chi connectivity index (χ0n) is 13.9. The molecule has 2 aliphatic rings. The van der Waals surface area contributed by atoms with Crippen LogP contribution in [0.3, 0.4) is 0 Å². The Morgan fingerprint density at radius 3 is 1.48 bits per heavy atom. The van der Waals surface area contributed by atoms with Crippen LogP contribution in [0, 0.1) is 0 Å². The van der Waals surface area contributed by atoms with Crippen molar-refractivity contribution in [2.24, 2.45) is 0 Å². The Bertz CT molecular complexity index is 1170. The lowest BCUT2D eigenvalue weighted by Crippen LogP contribution is -2.30. The van der Waals surface area contributed by atoms with Crippen LogP contribution >= 0.6 is 0 Å². The molecule has 128 valence electrons. The predicted molar refractivity (Wildman–Crippen MR) is 97.3 cm³/mol. The van der Waals surface area contributed by atoms with Crippen LogP contribution in [0.5, 0.6) is 0 Å². The topological polar surface area (TPSA) is 71.5 Å². The average molecular weight is 353 g/mol. The number of amides is 2. The van der Waals surface area contributed by atoms with Crippen molar-refractivity contribution < 1.29 is 19.2 Å². The summed E-state index contributed by atoms with van der Waals surface area (Å²) in [4.78, 5) is 51.9. The highest BCUT2D eigenvalue weighted by atomic mass is 16.2. The summed E-state index contributed by atoms with van der Waals surface area (Å²) >= 11 is 0. The lowest BCUT2D eigenvalue weighted by Gasteiger charge is -2.20. The molecule has 0 radical (unpaired) electrons. The maximum atomic E-state index is 12.9. The third kappa shape index (κ3) is 1.99. The molecule has 0 unspecified atom stereocenters. The minimum atomic E-state index is -0.439. The summed E-state index contributed by atoms with van der Waals surface area (Å²) in [6.45, 7) is 0. The number of carbonyl (C=O) groups excluding carboxylic acids is 4. The molecule has 1 aliphatic carbocycles. The molecule has 0 aromatic heterocycles. The molecule has 0 saturated carbocycles. The largest absolute Gasteiger partial charge is 0.289 e. The van der Waals surface area contributed by atoms with E-state index in [2.05, 4.69) is 0 Å². The minimum absolute atomic E-state index is 0.202. The van der Waals surface area contributed by atoms with E-state index in [9.17, 15) is 19.2 Å². The third-order valence-corrected chi connectivity index (χ3v) is 4.96. The van der Waals surface area contributed by atoms with E-state index in [4.69, 9.17) is 0 Å². The van der Waals surface area contributed by atoms with E-state index in [1.165, 1.54) is 18.2 Å². The number of fused-ring (bicyclic) bond motifs is 3. The van der Waals surface area contributed by atoms with Gasteiger partial charge in [-0.2, -0.15) is 0 Å². The molecule has 0 bridgehead atoms. The lowest BCUT2D eigenvalue weighted by molar-refractivity contribution is 0.0924. The number of rotatable bonds is 1. The van der Waals surface area contributed by atoms with Gasteiger partial charge in [0.25, 0.3) is 11.8 Å². The van der Waals surface area contributed by atoms with Gasteiger partial charge in [-0.15, -0.1) is 0 Å². The second-order valence-corrected chi connectivity index (χ2v) is 6.43. The van der Waals surface area contributed by atoms with Crippen molar-refractivity contribution in [1.29, 1.82) is 0 Å². The Labute approximate surface area is 153 Å². The van der Waals surface area contributed by atoms with Gasteiger partial charge >= 0.3 is 0 Å². The van der Waals surface area contributed by atoms with Gasteiger partial charge in [-0.25, -0.2) is 4.90 Å². The van der Waals surface area contributed by atoms with Crippen molar-refractivity contribution in [3.63, 3.8) is 0 Å². The fraction of sp³-hybridized carbons (Fsp3) is 0. The summed E-state index contributed by atoms with van der Waals surface area (Å²) in [5, 5.41) is 0. The number of benzene rings is 3. The van der Waals surface area contributed by atoms with E-state index >= 15 is 0 Å². The number of imide groups is 1. The highest BCUT2D eigenvalue weighted by Gasteiger charge is 2.37. The molecule has 3 aromatic rings. The van der Waals surface area contributed by atoms with Crippen molar-refractivity contribution in [3.05, 3.63) is 100 Å². The van der Waals surface area contributed by atoms with Crippen LogP contribution < -0.4 is 4.90 Å². The number of hydrogen-bond donors (Lipinski definition) is 0. The van der Waals surface area contributed by atoms with Gasteiger partial charge in [0.15, 0.2) is 11.6 Å². The summed E-state index contributed by atoms with van der Waals surface area (Å²) in [5.74, 6) is -1.41. The van der Waals surface area contributed by atoms with Crippen LogP contribution in [0.4, 0.5) is 5.69 Å². The smallest absolute Gasteiger partial charge is 0.266 e. The maximum Gasteiger partial charge on any atom is 0.266 e. The fourth-order valence-corrected chi connectivity index (χ4v) is 3.65. The Morgan fingerprint density at radius 2 is 0.926 bits per heavy atom. The van der Waals surface area contributed by atoms with E-state index in [0.717, 1.165) is 4.90 Å². The van der Waals surface area contributed by atoms with Crippen molar-refractivity contribution in [2.45, 2.75) is 0 Å². The zero-order valence-corrected chi connectivity index (χ0v) is 13.9. The second-order valence-electron chi connectivity index (χ2n) is 6.43. The molecule has 5 nitrogen and oxygen atoms in total. The van der Waals surface area contributed by atoms with E-state index in [1.54, 1.807) is 48.5 Å². The number of ketones is 2. The van der Waals surface area contributed by atoms with E-state index in [-0.39, 0.29) is 28.4 Å². The molecule has 0 spiro atoms. The monoisotopic (exact) mass is 353 g/mol. The van der Waals surface area contributed by atoms with Gasteiger partial charge < -0.3 is 0 Å². The van der Waals surface area contributed by atoms with Crippen molar-refractivity contribution in [2.75, 3.05) is 4.90 Å². The van der Waals surface area contributed by atoms with Gasteiger partial charge in [0.1, 0.15) is 0 Å². The molecular formula is C22H11NO4. The normalized spacial score (nSPS) is 14.9. The molecule has 5 rings (SSSR count). The Balaban J connectivity index is 1.64. The quantitative estimate of drug-likeness (QED) is 0.493. The molecular weight excluding hydrogens is 342 g/mol. The molecule has 27 heavy (non-hydrogen) atoms. The molecule has 1 heterocycles. The summed E-state index contributed by atoms with van der Waals surface area (Å²) in [6.07, 6.45) is 0. The first kappa shape index (κ1) is 15.4. The summed E-state index contributed by atoms with van der Waals surface area (Å²) in [5.41, 5.74) is 2.10. The lowest BCUT2D eigenvalue weighted by atomic mass is 9.84. The van der Waals surface area contributed by atoms with Gasteiger partial charge in [-0.05, 0) is 30.3 Å². The summed E-state index contributed by atoms with van der Waals surface area (Å²) in [7, 11) is 0. The average Bonchev–Trinajstić information content (AvgIpc) is 2.96. The highest BCUT2D eigenvalue weighted by Crippen LogP contribution is 2.33. The number of carbonyl (C=O) groups is 4. The number of nitrogens with zero attached hydrogens (tertiary/aromatic N) is 1. The van der Waals surface area contributed by atoms with E-state index in [0.29, 0.717) is 22.3 Å². The van der Waals surface area contributed by atoms with Crippen molar-refractivity contribution >= 4 is 29.1 Å². The predicted octanol–water partition coefficient (Wildman–Crippen LogP) is 3.26.